The van der Waals surface area contributed by atoms with Crippen molar-refractivity contribution in [1.29, 1.82) is 0 Å². The van der Waals surface area contributed by atoms with E-state index in [-0.39, 0.29) is 46.8 Å². The summed E-state index contributed by atoms with van der Waals surface area (Å²) in [7, 11) is 0. The molecule has 8 bridgehead atoms. The Morgan fingerprint density at radius 1 is 0.333 bits per heavy atom. The Balaban J connectivity index is 0.00000282. The van der Waals surface area contributed by atoms with Gasteiger partial charge in [-0.3, -0.25) is 0 Å². The SMILES string of the molecule is CCCCOCC[n+]1ccccc1-c1c2nc(c(-c3cccc[n+]3CCOCCCC)c3ccc([n-]3)c(-c3cccc[n+]3CCOCCCC)c3nc(c(-c4cccc[n+]4CCOCCCC)c4ccc1[n-]4)C=C3)C=C2.[CH3-].[CH3-].[CH3-].[CH3-].[Mn+3]. The molecule has 12 nitrogen and oxygen atoms in total. The molecule has 13 heteroatoms. The van der Waals surface area contributed by atoms with Crippen LogP contribution in [0.5, 0.6) is 0 Å². The Kier molecular flexibility index (Phi) is 28.8. The first-order valence-corrected chi connectivity index (χ1v) is 27.9. The molecule has 0 N–H and O–H groups in total. The van der Waals surface area contributed by atoms with E-state index in [1.54, 1.807) is 0 Å². The summed E-state index contributed by atoms with van der Waals surface area (Å²) in [5.41, 5.74) is 14.1. The monoisotopic (exact) mass is 1140 g/mol. The average Bonchev–Trinajstić information content (AvgIpc) is 4.35. The molecule has 0 atom stereocenters. The van der Waals surface area contributed by atoms with Crippen molar-refractivity contribution in [2.45, 2.75) is 105 Å². The number of unbranched alkanes of at least 4 members (excludes halogenated alkanes) is 4. The van der Waals surface area contributed by atoms with Crippen molar-refractivity contribution in [2.24, 2.45) is 0 Å². The largest absolute Gasteiger partial charge is 3.00 e. The third-order valence-electron chi connectivity index (χ3n) is 13.9. The molecule has 0 fully saturated rings. The van der Waals surface area contributed by atoms with Crippen molar-refractivity contribution < 1.29 is 54.3 Å². The van der Waals surface area contributed by atoms with E-state index in [1.165, 1.54) is 0 Å². The minimum Gasteiger partial charge on any atom is -0.656 e. The second-order valence-corrected chi connectivity index (χ2v) is 19.3. The van der Waals surface area contributed by atoms with Crippen LogP contribution in [-0.2, 0) is 62.2 Å². The van der Waals surface area contributed by atoms with Gasteiger partial charge in [-0.25, -0.2) is 9.97 Å². The van der Waals surface area contributed by atoms with Crippen LogP contribution in [0.1, 0.15) is 102 Å². The van der Waals surface area contributed by atoms with Crippen LogP contribution in [-0.4, -0.2) is 62.8 Å². The van der Waals surface area contributed by atoms with Crippen molar-refractivity contribution in [3.63, 3.8) is 0 Å². The molecule has 9 heterocycles. The molecule has 0 amide bonds. The molecule has 0 spiro atoms. The number of rotatable bonds is 28. The van der Waals surface area contributed by atoms with E-state index in [0.29, 0.717) is 52.6 Å². The first kappa shape index (κ1) is 67.1. The molecule has 2 aliphatic heterocycles. The fraction of sp³-hybridized carbons (Fsp3) is 0.353. The van der Waals surface area contributed by atoms with Crippen molar-refractivity contribution in [3.05, 3.63) is 174 Å². The third kappa shape index (κ3) is 16.8. The van der Waals surface area contributed by atoms with Crippen molar-refractivity contribution in [1.82, 2.24) is 19.9 Å². The number of fused-ring (bicyclic) bond motifs is 8. The third-order valence-corrected chi connectivity index (χ3v) is 13.9. The Bertz CT molecular complexity index is 2850. The summed E-state index contributed by atoms with van der Waals surface area (Å²) in [6.45, 7) is 16.7. The van der Waals surface area contributed by atoms with Gasteiger partial charge in [0.2, 0.25) is 22.8 Å². The maximum Gasteiger partial charge on any atom is 3.00 e. The second-order valence-electron chi connectivity index (χ2n) is 19.3. The average molecular weight is 1140 g/mol. The van der Waals surface area contributed by atoms with Crippen LogP contribution in [0.3, 0.4) is 0 Å². The van der Waals surface area contributed by atoms with Gasteiger partial charge in [0.05, 0.1) is 45.0 Å². The normalized spacial score (nSPS) is 11.3. The van der Waals surface area contributed by atoms with Gasteiger partial charge in [-0.1, -0.05) is 77.6 Å². The van der Waals surface area contributed by atoms with E-state index < -0.39 is 0 Å². The van der Waals surface area contributed by atoms with Crippen LogP contribution in [0.4, 0.5) is 0 Å². The molecule has 0 saturated carbocycles. The molecular weight excluding hydrogens is 1050 g/mol. The van der Waals surface area contributed by atoms with Gasteiger partial charge in [0.1, 0.15) is 26.4 Å². The van der Waals surface area contributed by atoms with E-state index >= 15 is 0 Å². The summed E-state index contributed by atoms with van der Waals surface area (Å²) in [6.07, 6.45) is 25.6. The zero-order chi connectivity index (χ0) is 52.3. The molecule has 0 aromatic carbocycles. The number of ether oxygens (including phenoxy) is 4. The first-order chi connectivity index (χ1) is 37.6. The summed E-state index contributed by atoms with van der Waals surface area (Å²) >= 11 is 0. The Hall–Kier alpha value is -6.44. The molecule has 0 unspecified atom stereocenters. The second kappa shape index (κ2) is 34.8. The van der Waals surface area contributed by atoms with Crippen LogP contribution in [0, 0.1) is 29.7 Å². The van der Waals surface area contributed by atoms with Gasteiger partial charge in [0.25, 0.3) is 0 Å². The minimum absolute atomic E-state index is 0. The van der Waals surface area contributed by atoms with Gasteiger partial charge in [0.15, 0.2) is 51.0 Å². The molecule has 0 radical (unpaired) electrons. The van der Waals surface area contributed by atoms with Crippen LogP contribution in [0.25, 0.3) is 91.4 Å². The molecule has 9 rings (SSSR count). The van der Waals surface area contributed by atoms with Crippen molar-refractivity contribution >= 4 is 46.4 Å². The van der Waals surface area contributed by atoms with Crippen molar-refractivity contribution in [2.75, 3.05) is 52.9 Å². The predicted molar refractivity (Wildman–Crippen MR) is 328 cm³/mol. The molecule has 0 aliphatic carbocycles. The summed E-state index contributed by atoms with van der Waals surface area (Å²) < 4.78 is 33.7. The van der Waals surface area contributed by atoms with Gasteiger partial charge in [-0.2, -0.15) is 18.3 Å². The predicted octanol–water partition coefficient (Wildman–Crippen LogP) is 12.8. The van der Waals surface area contributed by atoms with E-state index in [0.717, 1.165) is 168 Å². The van der Waals surface area contributed by atoms with Gasteiger partial charge in [-0.15, -0.1) is 22.1 Å². The maximum atomic E-state index is 6.17. The Labute approximate surface area is 495 Å². The molecule has 7 aromatic heterocycles. The van der Waals surface area contributed by atoms with E-state index in [1.807, 2.05) is 0 Å². The fourth-order valence-electron chi connectivity index (χ4n) is 9.78. The number of hydrogen-bond donors (Lipinski definition) is 0. The first-order valence-electron chi connectivity index (χ1n) is 27.9. The van der Waals surface area contributed by atoms with E-state index in [9.17, 15) is 0 Å². The molecular formula is C68H88MnN8O4+. The molecule has 0 saturated heterocycles. The quantitative estimate of drug-likeness (QED) is 0.0207. The summed E-state index contributed by atoms with van der Waals surface area (Å²) in [6, 6.07) is 34.0. The van der Waals surface area contributed by atoms with Crippen LogP contribution in [0.2, 0.25) is 0 Å². The number of pyridine rings is 4. The molecule has 81 heavy (non-hydrogen) atoms. The molecule has 7 aromatic rings. The van der Waals surface area contributed by atoms with Crippen LogP contribution in [0.15, 0.2) is 122 Å². The van der Waals surface area contributed by atoms with Gasteiger partial charge >= 0.3 is 17.1 Å². The van der Waals surface area contributed by atoms with Gasteiger partial charge in [0, 0.05) is 75.0 Å². The van der Waals surface area contributed by atoms with Crippen LogP contribution >= 0.6 is 0 Å². The van der Waals surface area contributed by atoms with Crippen molar-refractivity contribution in [3.8, 4) is 45.0 Å². The summed E-state index contributed by atoms with van der Waals surface area (Å²) in [4.78, 5) is 22.6. The zero-order valence-electron chi connectivity index (χ0n) is 49.6. The fourth-order valence-corrected chi connectivity index (χ4v) is 9.78. The molecule has 2 aliphatic rings. The minimum atomic E-state index is 0. The van der Waals surface area contributed by atoms with E-state index in [4.69, 9.17) is 38.9 Å². The standard InChI is InChI=1S/C64H76N8O4.4CH3.Mn/c1-5-9-41-73-45-37-69-33-17-13-21-57(69)61-49-25-27-51(65-49)62(58-22-14-18-34-70(58)38-46-74-42-10-6-2)53-29-31-55(67-53)64(60-24-16-20-36-72(60)40-48-76-44-12-8-4)56-32-30-54(68-56)63(52-28-26-50(61)66-52)59-23-15-19-35-71(59)39-47-75-43-11-7-3;;;;;/h13-36H,5-12,37-48H2,1-4H3;4*1H3;/q+2;4*-1;+3. The van der Waals surface area contributed by atoms with E-state index in [2.05, 4.69) is 192 Å². The Morgan fingerprint density at radius 2 is 0.568 bits per heavy atom. The maximum absolute atomic E-state index is 6.17. The number of nitrogens with zero attached hydrogens (tertiary/aromatic N) is 8. The number of hydrogen-bond acceptors (Lipinski definition) is 6. The van der Waals surface area contributed by atoms with Crippen LogP contribution < -0.4 is 28.2 Å². The number of aromatic nitrogens is 8. The zero-order valence-corrected chi connectivity index (χ0v) is 50.8. The van der Waals surface area contributed by atoms with Gasteiger partial charge < -0.3 is 58.6 Å². The Morgan fingerprint density at radius 3 is 0.790 bits per heavy atom. The summed E-state index contributed by atoms with van der Waals surface area (Å²) in [5.74, 6) is 0. The summed E-state index contributed by atoms with van der Waals surface area (Å²) in [5, 5.41) is 0. The topological polar surface area (TPSA) is 106 Å². The smallest absolute Gasteiger partial charge is 0.656 e. The molecule has 430 valence electrons. The van der Waals surface area contributed by atoms with Gasteiger partial charge in [-0.05, 0) is 74.3 Å².